The van der Waals surface area contributed by atoms with Gasteiger partial charge in [0.15, 0.2) is 0 Å². The number of sulfone groups is 1. The van der Waals surface area contributed by atoms with Crippen LogP contribution in [0.2, 0.25) is 0 Å². The highest BCUT2D eigenvalue weighted by Gasteiger charge is 2.26. The van der Waals surface area contributed by atoms with Gasteiger partial charge in [-0.2, -0.15) is 8.78 Å². The van der Waals surface area contributed by atoms with E-state index in [9.17, 15) is 22.0 Å². The first-order valence-corrected chi connectivity index (χ1v) is 9.38. The van der Waals surface area contributed by atoms with Gasteiger partial charge in [0, 0.05) is 0 Å². The van der Waals surface area contributed by atoms with E-state index in [1.54, 1.807) is 0 Å². The maximum Gasteiger partial charge on any atom is 0.341 e. The minimum absolute atomic E-state index is 0.0325. The smallest absolute Gasteiger partial charge is 0.341 e. The molecule has 130 valence electrons. The van der Waals surface area contributed by atoms with Gasteiger partial charge in [0.25, 0.3) is 0 Å². The van der Waals surface area contributed by atoms with E-state index < -0.39 is 26.5 Å². The van der Waals surface area contributed by atoms with Gasteiger partial charge in [-0.25, -0.2) is 18.2 Å². The summed E-state index contributed by atoms with van der Waals surface area (Å²) in [7, 11) is -4.68. The fraction of sp³-hybridized carbons (Fsp3) is 0.125. The number of carbonyl (C=O) groups excluding carboxylic acids is 1. The molecular formula is C16H11F2NO4S2. The normalized spacial score (nSPS) is 11.8. The Hall–Kier alpha value is -2.39. The van der Waals surface area contributed by atoms with Crippen molar-refractivity contribution in [2.75, 3.05) is 0 Å². The average molecular weight is 383 g/mol. The Bertz CT molecular complexity index is 981. The summed E-state index contributed by atoms with van der Waals surface area (Å²) in [5.74, 6) is -4.20. The van der Waals surface area contributed by atoms with Crippen molar-refractivity contribution in [2.45, 2.75) is 17.3 Å². The third-order valence-corrected chi connectivity index (χ3v) is 5.73. The highest BCUT2D eigenvalue weighted by Crippen LogP contribution is 2.23. The van der Waals surface area contributed by atoms with Gasteiger partial charge in [0.2, 0.25) is 9.84 Å². The lowest BCUT2D eigenvalue weighted by molar-refractivity contribution is 0.0472. The summed E-state index contributed by atoms with van der Waals surface area (Å²) in [6.45, 7) is -0.0325. The Morgan fingerprint density at radius 3 is 2.44 bits per heavy atom. The standard InChI is InChI=1S/C16H11F2NO4S2/c17-16(18)25(21,22)11-7-5-10(6-8-11)15(20)23-9-14-19-12-3-1-2-4-13(12)24-14/h1-8,16H,9H2. The van der Waals surface area contributed by atoms with E-state index >= 15 is 0 Å². The molecule has 0 bridgehead atoms. The number of thiazole rings is 1. The number of alkyl halides is 2. The molecule has 9 heteroatoms. The molecule has 25 heavy (non-hydrogen) atoms. The Balaban J connectivity index is 1.69. The van der Waals surface area contributed by atoms with Crippen LogP contribution >= 0.6 is 11.3 Å². The number of benzene rings is 2. The molecule has 0 aliphatic rings. The van der Waals surface area contributed by atoms with E-state index in [-0.39, 0.29) is 12.2 Å². The van der Waals surface area contributed by atoms with Crippen molar-refractivity contribution in [1.82, 2.24) is 4.98 Å². The van der Waals surface area contributed by atoms with Gasteiger partial charge in [-0.1, -0.05) is 12.1 Å². The van der Waals surface area contributed by atoms with E-state index in [2.05, 4.69) is 4.98 Å². The fourth-order valence-corrected chi connectivity index (χ4v) is 3.68. The SMILES string of the molecule is O=C(OCc1nc2ccccc2s1)c1ccc(S(=O)(=O)C(F)F)cc1. The lowest BCUT2D eigenvalue weighted by atomic mass is 10.2. The summed E-state index contributed by atoms with van der Waals surface area (Å²) in [4.78, 5) is 15.8. The molecule has 0 atom stereocenters. The average Bonchev–Trinajstić information content (AvgIpc) is 3.02. The van der Waals surface area contributed by atoms with Crippen LogP contribution in [0.4, 0.5) is 8.78 Å². The summed E-state index contributed by atoms with van der Waals surface area (Å²) < 4.78 is 53.7. The van der Waals surface area contributed by atoms with Crippen molar-refractivity contribution in [1.29, 1.82) is 0 Å². The third kappa shape index (κ3) is 3.67. The maximum atomic E-state index is 12.5. The molecule has 0 spiro atoms. The van der Waals surface area contributed by atoms with Crippen LogP contribution in [0.3, 0.4) is 0 Å². The van der Waals surface area contributed by atoms with E-state index in [1.807, 2.05) is 24.3 Å². The Labute approximate surface area is 145 Å². The quantitative estimate of drug-likeness (QED) is 0.629. The van der Waals surface area contributed by atoms with E-state index in [1.165, 1.54) is 11.3 Å². The van der Waals surface area contributed by atoms with Crippen LogP contribution in [0.5, 0.6) is 0 Å². The number of hydrogen-bond acceptors (Lipinski definition) is 6. The number of esters is 1. The van der Waals surface area contributed by atoms with Crippen LogP contribution < -0.4 is 0 Å². The molecule has 0 aliphatic carbocycles. The molecule has 0 N–H and O–H groups in total. The monoisotopic (exact) mass is 383 g/mol. The third-order valence-electron chi connectivity index (χ3n) is 3.32. The van der Waals surface area contributed by atoms with Crippen LogP contribution in [0, 0.1) is 0 Å². The minimum atomic E-state index is -4.68. The van der Waals surface area contributed by atoms with Crippen molar-refractivity contribution >= 4 is 37.4 Å². The molecule has 3 rings (SSSR count). The van der Waals surface area contributed by atoms with E-state index in [4.69, 9.17) is 4.74 Å². The molecular weight excluding hydrogens is 372 g/mol. The second-order valence-corrected chi connectivity index (χ2v) is 8.01. The number of aromatic nitrogens is 1. The predicted molar refractivity (Wildman–Crippen MR) is 88.4 cm³/mol. The maximum absolute atomic E-state index is 12.5. The molecule has 0 saturated heterocycles. The largest absolute Gasteiger partial charge is 0.455 e. The highest BCUT2D eigenvalue weighted by molar-refractivity contribution is 7.91. The summed E-state index contributed by atoms with van der Waals surface area (Å²) >= 11 is 1.39. The molecule has 0 aliphatic heterocycles. The minimum Gasteiger partial charge on any atom is -0.455 e. The fourth-order valence-electron chi connectivity index (χ4n) is 2.08. The van der Waals surface area contributed by atoms with Crippen LogP contribution in [0.15, 0.2) is 53.4 Å². The van der Waals surface area contributed by atoms with Gasteiger partial charge in [0.1, 0.15) is 11.6 Å². The molecule has 5 nitrogen and oxygen atoms in total. The molecule has 0 fully saturated rings. The van der Waals surface area contributed by atoms with Gasteiger partial charge in [-0.15, -0.1) is 11.3 Å². The molecule has 2 aromatic carbocycles. The summed E-state index contributed by atoms with van der Waals surface area (Å²) in [6, 6.07) is 11.7. The van der Waals surface area contributed by atoms with E-state index in [0.29, 0.717) is 5.01 Å². The van der Waals surface area contributed by atoms with Gasteiger partial charge in [-0.05, 0) is 36.4 Å². The van der Waals surface area contributed by atoms with Crippen LogP contribution in [-0.4, -0.2) is 25.1 Å². The highest BCUT2D eigenvalue weighted by atomic mass is 32.2. The van der Waals surface area contributed by atoms with Crippen molar-refractivity contribution < 1.29 is 26.7 Å². The van der Waals surface area contributed by atoms with Crippen LogP contribution in [0.1, 0.15) is 15.4 Å². The molecule has 1 heterocycles. The van der Waals surface area contributed by atoms with Gasteiger partial charge in [0.05, 0.1) is 20.7 Å². The second-order valence-electron chi connectivity index (χ2n) is 4.98. The van der Waals surface area contributed by atoms with Crippen molar-refractivity contribution in [2.24, 2.45) is 0 Å². The number of hydrogen-bond donors (Lipinski definition) is 0. The number of nitrogens with zero attached hydrogens (tertiary/aromatic N) is 1. The van der Waals surface area contributed by atoms with Crippen molar-refractivity contribution in [3.8, 4) is 0 Å². The Morgan fingerprint density at radius 2 is 1.80 bits per heavy atom. The molecule has 0 saturated carbocycles. The summed E-state index contributed by atoms with van der Waals surface area (Å²) in [5, 5.41) is 0.617. The van der Waals surface area contributed by atoms with Crippen LogP contribution in [0.25, 0.3) is 10.2 Å². The first kappa shape index (κ1) is 17.4. The van der Waals surface area contributed by atoms with Gasteiger partial charge in [-0.3, -0.25) is 0 Å². The molecule has 0 radical (unpaired) electrons. The second kappa shape index (κ2) is 6.85. The number of carbonyl (C=O) groups is 1. The number of rotatable bonds is 5. The van der Waals surface area contributed by atoms with Crippen molar-refractivity contribution in [3.63, 3.8) is 0 Å². The zero-order valence-electron chi connectivity index (χ0n) is 12.6. The zero-order valence-corrected chi connectivity index (χ0v) is 14.2. The first-order valence-electron chi connectivity index (χ1n) is 7.01. The lowest BCUT2D eigenvalue weighted by Gasteiger charge is -2.05. The van der Waals surface area contributed by atoms with E-state index in [0.717, 1.165) is 34.5 Å². The molecule has 0 unspecified atom stereocenters. The molecule has 0 amide bonds. The summed E-state index contributed by atoms with van der Waals surface area (Å²) in [6.07, 6.45) is 0. The number of para-hydroxylation sites is 1. The lowest BCUT2D eigenvalue weighted by Crippen LogP contribution is -2.12. The molecule has 1 aromatic heterocycles. The number of halogens is 2. The topological polar surface area (TPSA) is 73.3 Å². The first-order chi connectivity index (χ1) is 11.9. The van der Waals surface area contributed by atoms with Gasteiger partial charge < -0.3 is 4.74 Å². The predicted octanol–water partition coefficient (Wildman–Crippen LogP) is 3.65. The van der Waals surface area contributed by atoms with Crippen molar-refractivity contribution in [3.05, 3.63) is 59.1 Å². The number of fused-ring (bicyclic) bond motifs is 1. The summed E-state index contributed by atoms with van der Waals surface area (Å²) in [5.41, 5.74) is 0.870. The molecule has 3 aromatic rings. The Morgan fingerprint density at radius 1 is 1.12 bits per heavy atom. The van der Waals surface area contributed by atoms with Crippen LogP contribution in [-0.2, 0) is 21.2 Å². The van der Waals surface area contributed by atoms with Gasteiger partial charge >= 0.3 is 11.7 Å². The number of ether oxygens (including phenoxy) is 1. The Kier molecular flexibility index (Phi) is 4.78. The zero-order chi connectivity index (χ0) is 18.0.